The van der Waals surface area contributed by atoms with Gasteiger partial charge in [0, 0.05) is 17.1 Å². The molecule has 2 fully saturated rings. The van der Waals surface area contributed by atoms with Crippen molar-refractivity contribution in [3.8, 4) is 5.75 Å². The van der Waals surface area contributed by atoms with E-state index in [1.54, 1.807) is 0 Å². The zero-order valence-corrected chi connectivity index (χ0v) is 13.5. The number of nitrogens with one attached hydrogen (secondary N) is 1. The zero-order valence-electron chi connectivity index (χ0n) is 11.9. The molecule has 2 atom stereocenters. The average molecular weight is 340 g/mol. The summed E-state index contributed by atoms with van der Waals surface area (Å²) in [5.41, 5.74) is 1.16. The Morgan fingerprint density at radius 3 is 2.85 bits per heavy atom. The smallest absolute Gasteiger partial charge is 0.123 e. The second kappa shape index (κ2) is 6.46. The third-order valence-corrected chi connectivity index (χ3v) is 4.48. The first-order valence-electron chi connectivity index (χ1n) is 7.48. The van der Waals surface area contributed by atoms with Crippen molar-refractivity contribution in [3.63, 3.8) is 0 Å². The lowest BCUT2D eigenvalue weighted by molar-refractivity contribution is 0.0183. The summed E-state index contributed by atoms with van der Waals surface area (Å²) < 4.78 is 13.0. The molecule has 0 amide bonds. The minimum absolute atomic E-state index is 0.236. The normalized spacial score (nSPS) is 25.9. The van der Waals surface area contributed by atoms with Gasteiger partial charge in [-0.2, -0.15) is 0 Å². The van der Waals surface area contributed by atoms with E-state index < -0.39 is 0 Å². The number of rotatable bonds is 6. The van der Waals surface area contributed by atoms with E-state index in [2.05, 4.69) is 34.2 Å². The van der Waals surface area contributed by atoms with Gasteiger partial charge in [0.15, 0.2) is 0 Å². The molecule has 0 spiro atoms. The first kappa shape index (κ1) is 14.4. The van der Waals surface area contributed by atoms with Gasteiger partial charge in [0.25, 0.3) is 0 Å². The van der Waals surface area contributed by atoms with Crippen molar-refractivity contribution in [3.05, 3.63) is 28.2 Å². The largest absolute Gasteiger partial charge is 0.491 e. The van der Waals surface area contributed by atoms with Crippen molar-refractivity contribution in [1.29, 1.82) is 0 Å². The minimum atomic E-state index is 0.236. The van der Waals surface area contributed by atoms with E-state index in [9.17, 15) is 0 Å². The van der Waals surface area contributed by atoms with E-state index in [4.69, 9.17) is 9.47 Å². The molecule has 3 nitrogen and oxygen atoms in total. The molecular weight excluding hydrogens is 318 g/mol. The zero-order chi connectivity index (χ0) is 13.9. The summed E-state index contributed by atoms with van der Waals surface area (Å²) in [5, 5.41) is 3.54. The van der Waals surface area contributed by atoms with Crippen molar-refractivity contribution in [2.45, 2.75) is 50.9 Å². The first-order chi connectivity index (χ1) is 9.70. The Labute approximate surface area is 129 Å². The van der Waals surface area contributed by atoms with Gasteiger partial charge in [-0.1, -0.05) is 22.0 Å². The van der Waals surface area contributed by atoms with Crippen LogP contribution >= 0.6 is 15.9 Å². The highest BCUT2D eigenvalue weighted by Crippen LogP contribution is 2.26. The molecule has 1 saturated carbocycles. The predicted octanol–water partition coefficient (Wildman–Crippen LogP) is 3.44. The first-order valence-corrected chi connectivity index (χ1v) is 8.28. The van der Waals surface area contributed by atoms with Crippen molar-refractivity contribution in [1.82, 2.24) is 5.32 Å². The fraction of sp³-hybridized carbons (Fsp3) is 0.625. The summed E-state index contributed by atoms with van der Waals surface area (Å²) >= 11 is 3.48. The summed E-state index contributed by atoms with van der Waals surface area (Å²) in [4.78, 5) is 0. The van der Waals surface area contributed by atoms with Gasteiger partial charge in [0.1, 0.15) is 12.4 Å². The van der Waals surface area contributed by atoms with Crippen LogP contribution in [0.3, 0.4) is 0 Å². The summed E-state index contributed by atoms with van der Waals surface area (Å²) in [6, 6.07) is 6.89. The number of hydrogen-bond donors (Lipinski definition) is 1. The monoisotopic (exact) mass is 339 g/mol. The van der Waals surface area contributed by atoms with Crippen molar-refractivity contribution in [2.24, 2.45) is 0 Å². The predicted molar refractivity (Wildman–Crippen MR) is 83.3 cm³/mol. The van der Waals surface area contributed by atoms with Crippen molar-refractivity contribution in [2.75, 3.05) is 13.2 Å². The molecule has 0 radical (unpaired) electrons. The van der Waals surface area contributed by atoms with Crippen LogP contribution in [0.1, 0.15) is 31.2 Å². The summed E-state index contributed by atoms with van der Waals surface area (Å²) in [6.07, 6.45) is 5.52. The van der Waals surface area contributed by atoms with Crippen LogP contribution in [-0.2, 0) is 4.74 Å². The Kier molecular flexibility index (Phi) is 4.64. The number of benzene rings is 1. The van der Waals surface area contributed by atoms with Gasteiger partial charge >= 0.3 is 0 Å². The molecule has 110 valence electrons. The molecule has 1 aromatic carbocycles. The molecule has 1 saturated heterocycles. The third kappa shape index (κ3) is 3.96. The molecule has 20 heavy (non-hydrogen) atoms. The lowest BCUT2D eigenvalue weighted by Crippen LogP contribution is -2.29. The molecule has 0 aromatic heterocycles. The lowest BCUT2D eigenvalue weighted by Gasteiger charge is -2.16. The molecule has 1 aliphatic carbocycles. The maximum absolute atomic E-state index is 6.03. The SMILES string of the molecule is Cc1ccc(Br)cc1OCC1CCC(CNC2CC2)O1. The molecular formula is C16H22BrNO2. The van der Waals surface area contributed by atoms with E-state index in [-0.39, 0.29) is 6.10 Å². The summed E-state index contributed by atoms with van der Waals surface area (Å²) in [5.74, 6) is 0.947. The Hall–Kier alpha value is -0.580. The summed E-state index contributed by atoms with van der Waals surface area (Å²) in [6.45, 7) is 3.72. The van der Waals surface area contributed by atoms with Gasteiger partial charge in [0.05, 0.1) is 12.2 Å². The van der Waals surface area contributed by atoms with Gasteiger partial charge in [-0.25, -0.2) is 0 Å². The van der Waals surface area contributed by atoms with Crippen LogP contribution in [0.2, 0.25) is 0 Å². The van der Waals surface area contributed by atoms with Crippen LogP contribution in [0.15, 0.2) is 22.7 Å². The molecule has 1 aromatic rings. The highest BCUT2D eigenvalue weighted by Gasteiger charge is 2.28. The number of aryl methyl sites for hydroxylation is 1. The fourth-order valence-corrected chi connectivity index (χ4v) is 2.89. The summed E-state index contributed by atoms with van der Waals surface area (Å²) in [7, 11) is 0. The molecule has 3 rings (SSSR count). The highest BCUT2D eigenvalue weighted by atomic mass is 79.9. The Morgan fingerprint density at radius 2 is 2.05 bits per heavy atom. The van der Waals surface area contributed by atoms with Gasteiger partial charge in [0.2, 0.25) is 0 Å². The number of hydrogen-bond acceptors (Lipinski definition) is 3. The van der Waals surface area contributed by atoms with Gasteiger partial charge in [-0.15, -0.1) is 0 Å². The maximum Gasteiger partial charge on any atom is 0.123 e. The van der Waals surface area contributed by atoms with Crippen LogP contribution in [0.4, 0.5) is 0 Å². The fourth-order valence-electron chi connectivity index (χ4n) is 2.55. The second-order valence-electron chi connectivity index (χ2n) is 5.86. The average Bonchev–Trinajstić information content (AvgIpc) is 3.16. The van der Waals surface area contributed by atoms with Crippen LogP contribution in [0.25, 0.3) is 0 Å². The molecule has 4 heteroatoms. The van der Waals surface area contributed by atoms with Crippen molar-refractivity contribution < 1.29 is 9.47 Å². The topological polar surface area (TPSA) is 30.5 Å². The third-order valence-electron chi connectivity index (χ3n) is 3.98. The Balaban J connectivity index is 1.43. The van der Waals surface area contributed by atoms with E-state index in [1.807, 2.05) is 12.1 Å². The number of ether oxygens (including phenoxy) is 2. The quantitative estimate of drug-likeness (QED) is 0.861. The van der Waals surface area contributed by atoms with Crippen molar-refractivity contribution >= 4 is 15.9 Å². The molecule has 2 unspecified atom stereocenters. The van der Waals surface area contributed by atoms with Gasteiger partial charge in [-0.05, 0) is 50.3 Å². The van der Waals surface area contributed by atoms with E-state index >= 15 is 0 Å². The molecule has 1 N–H and O–H groups in total. The Morgan fingerprint density at radius 1 is 1.25 bits per heavy atom. The van der Waals surface area contributed by atoms with Gasteiger partial charge in [-0.3, -0.25) is 0 Å². The van der Waals surface area contributed by atoms with E-state index in [0.29, 0.717) is 12.7 Å². The molecule has 0 bridgehead atoms. The van der Waals surface area contributed by atoms with Crippen LogP contribution < -0.4 is 10.1 Å². The van der Waals surface area contributed by atoms with Gasteiger partial charge < -0.3 is 14.8 Å². The molecule has 1 aliphatic heterocycles. The van der Waals surface area contributed by atoms with Crippen LogP contribution in [0, 0.1) is 6.92 Å². The van der Waals surface area contributed by atoms with E-state index in [0.717, 1.165) is 41.2 Å². The lowest BCUT2D eigenvalue weighted by atomic mass is 10.2. The molecule has 2 aliphatic rings. The van der Waals surface area contributed by atoms with Crippen LogP contribution in [-0.4, -0.2) is 31.4 Å². The number of halogens is 1. The highest BCUT2D eigenvalue weighted by molar-refractivity contribution is 9.10. The second-order valence-corrected chi connectivity index (χ2v) is 6.78. The molecule has 1 heterocycles. The van der Waals surface area contributed by atoms with Crippen LogP contribution in [0.5, 0.6) is 5.75 Å². The Bertz CT molecular complexity index is 462. The standard InChI is InChI=1S/C16H22BrNO2/c1-11-2-3-12(17)8-16(11)19-10-15-7-6-14(20-15)9-18-13-4-5-13/h2-3,8,13-15,18H,4-7,9-10H2,1H3. The minimum Gasteiger partial charge on any atom is -0.491 e. The maximum atomic E-state index is 6.03. The van der Waals surface area contributed by atoms with E-state index in [1.165, 1.54) is 12.8 Å².